The monoisotopic (exact) mass is 266 g/mol. The standard InChI is InChI=1S/C15H26N2S/c1-4-8-17-9-6-5-7-14(16)15(17)13-10-11(2)18-12(13)3/h10,14-15H,4-9,16H2,1-3H3. The summed E-state index contributed by atoms with van der Waals surface area (Å²) >= 11 is 1.91. The first-order valence-electron chi connectivity index (χ1n) is 7.20. The molecule has 2 nitrogen and oxygen atoms in total. The summed E-state index contributed by atoms with van der Waals surface area (Å²) in [7, 11) is 0. The molecule has 1 saturated heterocycles. The zero-order valence-electron chi connectivity index (χ0n) is 11.9. The maximum absolute atomic E-state index is 6.47. The van der Waals surface area contributed by atoms with Gasteiger partial charge in [-0.25, -0.2) is 0 Å². The topological polar surface area (TPSA) is 29.3 Å². The van der Waals surface area contributed by atoms with Crippen LogP contribution in [0, 0.1) is 13.8 Å². The highest BCUT2D eigenvalue weighted by Gasteiger charge is 2.30. The van der Waals surface area contributed by atoms with Crippen molar-refractivity contribution in [2.75, 3.05) is 13.1 Å². The predicted molar refractivity (Wildman–Crippen MR) is 80.2 cm³/mol. The molecule has 1 aliphatic rings. The van der Waals surface area contributed by atoms with E-state index in [1.165, 1.54) is 54.1 Å². The van der Waals surface area contributed by atoms with Crippen LogP contribution in [-0.4, -0.2) is 24.0 Å². The number of hydrogen-bond donors (Lipinski definition) is 1. The van der Waals surface area contributed by atoms with Crippen molar-refractivity contribution < 1.29 is 0 Å². The minimum absolute atomic E-state index is 0.298. The van der Waals surface area contributed by atoms with Crippen LogP contribution in [0.4, 0.5) is 0 Å². The highest BCUT2D eigenvalue weighted by molar-refractivity contribution is 7.12. The van der Waals surface area contributed by atoms with Crippen LogP contribution in [0.15, 0.2) is 6.07 Å². The third kappa shape index (κ3) is 2.95. The van der Waals surface area contributed by atoms with Crippen LogP contribution in [0.2, 0.25) is 0 Å². The van der Waals surface area contributed by atoms with Crippen molar-refractivity contribution >= 4 is 11.3 Å². The number of hydrogen-bond acceptors (Lipinski definition) is 3. The van der Waals surface area contributed by atoms with E-state index in [1.54, 1.807) is 0 Å². The van der Waals surface area contributed by atoms with Crippen LogP contribution in [0.5, 0.6) is 0 Å². The summed E-state index contributed by atoms with van der Waals surface area (Å²) in [4.78, 5) is 5.48. The third-order valence-corrected chi connectivity index (χ3v) is 4.92. The van der Waals surface area contributed by atoms with E-state index in [1.807, 2.05) is 11.3 Å². The molecule has 0 radical (unpaired) electrons. The Morgan fingerprint density at radius 1 is 1.39 bits per heavy atom. The minimum Gasteiger partial charge on any atom is -0.326 e. The van der Waals surface area contributed by atoms with Gasteiger partial charge in [-0.05, 0) is 57.8 Å². The fourth-order valence-corrected chi connectivity index (χ4v) is 4.14. The molecule has 0 spiro atoms. The number of rotatable bonds is 3. The Morgan fingerprint density at radius 2 is 2.17 bits per heavy atom. The summed E-state index contributed by atoms with van der Waals surface area (Å²) in [6, 6.07) is 3.10. The Balaban J connectivity index is 2.30. The lowest BCUT2D eigenvalue weighted by Crippen LogP contribution is -2.40. The molecule has 3 heteroatoms. The molecule has 0 aliphatic carbocycles. The minimum atomic E-state index is 0.298. The first kappa shape index (κ1) is 14.0. The highest BCUT2D eigenvalue weighted by atomic mass is 32.1. The van der Waals surface area contributed by atoms with E-state index in [0.29, 0.717) is 12.1 Å². The van der Waals surface area contributed by atoms with Gasteiger partial charge in [-0.3, -0.25) is 4.90 Å². The molecular formula is C15H26N2S. The van der Waals surface area contributed by atoms with E-state index in [-0.39, 0.29) is 0 Å². The van der Waals surface area contributed by atoms with E-state index in [2.05, 4.69) is 31.7 Å². The molecule has 1 fully saturated rings. The second-order valence-electron chi connectivity index (χ2n) is 5.51. The van der Waals surface area contributed by atoms with Gasteiger partial charge in [0.1, 0.15) is 0 Å². The van der Waals surface area contributed by atoms with E-state index >= 15 is 0 Å². The van der Waals surface area contributed by atoms with Gasteiger partial charge in [-0.15, -0.1) is 11.3 Å². The number of nitrogens with zero attached hydrogens (tertiary/aromatic N) is 1. The van der Waals surface area contributed by atoms with Crippen molar-refractivity contribution in [2.45, 2.75) is 58.5 Å². The predicted octanol–water partition coefficient (Wildman–Crippen LogP) is 3.63. The summed E-state index contributed by atoms with van der Waals surface area (Å²) in [5.41, 5.74) is 7.96. The van der Waals surface area contributed by atoms with Gasteiger partial charge in [-0.2, -0.15) is 0 Å². The van der Waals surface area contributed by atoms with Crippen molar-refractivity contribution in [3.8, 4) is 0 Å². The molecule has 2 rings (SSSR count). The van der Waals surface area contributed by atoms with Crippen LogP contribution in [-0.2, 0) is 0 Å². The van der Waals surface area contributed by atoms with Crippen molar-refractivity contribution in [3.63, 3.8) is 0 Å². The van der Waals surface area contributed by atoms with E-state index in [4.69, 9.17) is 5.73 Å². The van der Waals surface area contributed by atoms with Crippen LogP contribution in [0.25, 0.3) is 0 Å². The molecular weight excluding hydrogens is 240 g/mol. The van der Waals surface area contributed by atoms with Gasteiger partial charge < -0.3 is 5.73 Å². The Morgan fingerprint density at radius 3 is 2.78 bits per heavy atom. The molecule has 18 heavy (non-hydrogen) atoms. The molecule has 0 amide bonds. The van der Waals surface area contributed by atoms with Gasteiger partial charge in [-0.1, -0.05) is 13.3 Å². The largest absolute Gasteiger partial charge is 0.326 e. The first-order valence-corrected chi connectivity index (χ1v) is 8.01. The van der Waals surface area contributed by atoms with Crippen molar-refractivity contribution in [3.05, 3.63) is 21.4 Å². The fraction of sp³-hybridized carbons (Fsp3) is 0.733. The lowest BCUT2D eigenvalue weighted by atomic mass is 9.96. The third-order valence-electron chi connectivity index (χ3n) is 3.94. The summed E-state index contributed by atoms with van der Waals surface area (Å²) in [5.74, 6) is 0. The smallest absolute Gasteiger partial charge is 0.0510 e. The zero-order chi connectivity index (χ0) is 13.1. The normalized spacial score (nSPS) is 26.2. The fourth-order valence-electron chi connectivity index (χ4n) is 3.17. The molecule has 2 heterocycles. The van der Waals surface area contributed by atoms with E-state index in [0.717, 1.165) is 0 Å². The van der Waals surface area contributed by atoms with Gasteiger partial charge in [0.15, 0.2) is 0 Å². The number of thiophene rings is 1. The molecule has 0 aromatic carbocycles. The Bertz CT molecular complexity index is 386. The number of likely N-dealkylation sites (tertiary alicyclic amines) is 1. The average molecular weight is 266 g/mol. The lowest BCUT2D eigenvalue weighted by Gasteiger charge is -2.33. The maximum Gasteiger partial charge on any atom is 0.0510 e. The molecule has 1 aromatic heterocycles. The van der Waals surface area contributed by atoms with E-state index in [9.17, 15) is 0 Å². The van der Waals surface area contributed by atoms with Crippen LogP contribution < -0.4 is 5.73 Å². The summed E-state index contributed by atoms with van der Waals surface area (Å²) < 4.78 is 0. The van der Waals surface area contributed by atoms with Gasteiger partial charge in [0, 0.05) is 15.8 Å². The second kappa shape index (κ2) is 6.18. The lowest BCUT2D eigenvalue weighted by molar-refractivity contribution is 0.185. The summed E-state index contributed by atoms with van der Waals surface area (Å²) in [5, 5.41) is 0. The second-order valence-corrected chi connectivity index (χ2v) is 6.97. The van der Waals surface area contributed by atoms with Crippen molar-refractivity contribution in [1.82, 2.24) is 4.90 Å². The molecule has 2 unspecified atom stereocenters. The van der Waals surface area contributed by atoms with Crippen LogP contribution in [0.3, 0.4) is 0 Å². The van der Waals surface area contributed by atoms with Gasteiger partial charge >= 0.3 is 0 Å². The Kier molecular flexibility index (Phi) is 4.82. The SMILES string of the molecule is CCCN1CCCCC(N)C1c1cc(C)sc1C. The first-order chi connectivity index (χ1) is 8.63. The van der Waals surface area contributed by atoms with Gasteiger partial charge in [0.25, 0.3) is 0 Å². The molecule has 0 saturated carbocycles. The number of nitrogens with two attached hydrogens (primary N) is 1. The quantitative estimate of drug-likeness (QED) is 0.905. The molecule has 2 N–H and O–H groups in total. The molecule has 2 atom stereocenters. The van der Waals surface area contributed by atoms with Crippen molar-refractivity contribution in [1.29, 1.82) is 0 Å². The summed E-state index contributed by atoms with van der Waals surface area (Å²) in [6.07, 6.45) is 4.96. The van der Waals surface area contributed by atoms with E-state index < -0.39 is 0 Å². The Hall–Kier alpha value is -0.380. The van der Waals surface area contributed by atoms with Crippen LogP contribution in [0.1, 0.15) is 54.0 Å². The summed E-state index contributed by atoms with van der Waals surface area (Å²) in [6.45, 7) is 9.09. The maximum atomic E-state index is 6.47. The zero-order valence-corrected chi connectivity index (χ0v) is 12.7. The Labute approximate surface area is 115 Å². The van der Waals surface area contributed by atoms with Gasteiger partial charge in [0.2, 0.25) is 0 Å². The molecule has 1 aliphatic heterocycles. The molecule has 102 valence electrons. The number of aryl methyl sites for hydroxylation is 2. The van der Waals surface area contributed by atoms with Crippen LogP contribution >= 0.6 is 11.3 Å². The average Bonchev–Trinajstić information content (AvgIpc) is 2.54. The molecule has 0 bridgehead atoms. The highest BCUT2D eigenvalue weighted by Crippen LogP contribution is 2.35. The molecule has 1 aromatic rings. The van der Waals surface area contributed by atoms with Crippen molar-refractivity contribution in [2.24, 2.45) is 5.73 Å². The van der Waals surface area contributed by atoms with Gasteiger partial charge in [0.05, 0.1) is 6.04 Å².